The average Bonchev–Trinajstić information content (AvgIpc) is 2.06. The van der Waals surface area contributed by atoms with Crippen LogP contribution in [0.15, 0.2) is 0 Å². The minimum atomic E-state index is 0.590. The molecule has 0 aromatic rings. The van der Waals surface area contributed by atoms with Crippen LogP contribution in [-0.2, 0) is 0 Å². The molecule has 1 aliphatic rings. The van der Waals surface area contributed by atoms with Crippen molar-refractivity contribution in [3.05, 3.63) is 0 Å². The van der Waals surface area contributed by atoms with Crippen molar-refractivity contribution in [3.63, 3.8) is 0 Å². The van der Waals surface area contributed by atoms with E-state index < -0.39 is 0 Å². The Morgan fingerprint density at radius 1 is 1.36 bits per heavy atom. The van der Waals surface area contributed by atoms with Gasteiger partial charge in [0.15, 0.2) is 0 Å². The van der Waals surface area contributed by atoms with E-state index in [9.17, 15) is 0 Å². The summed E-state index contributed by atoms with van der Waals surface area (Å²) in [5, 5.41) is 8.54. The highest BCUT2D eigenvalue weighted by Crippen LogP contribution is 2.17. The molecule has 0 saturated heterocycles. The van der Waals surface area contributed by atoms with E-state index in [1.807, 2.05) is 0 Å². The Morgan fingerprint density at radius 2 is 2.00 bits per heavy atom. The lowest BCUT2D eigenvalue weighted by Crippen LogP contribution is -2.34. The van der Waals surface area contributed by atoms with Crippen molar-refractivity contribution < 1.29 is 0 Å². The molecule has 0 spiro atoms. The summed E-state index contributed by atoms with van der Waals surface area (Å²) in [4.78, 5) is 0. The lowest BCUT2D eigenvalue weighted by Gasteiger charge is -2.23. The Balaban J connectivity index is 2.19. The molecule has 0 bridgehead atoms. The number of nitrogens with one attached hydrogen (secondary N) is 1. The molecule has 0 aromatic carbocycles. The van der Waals surface area contributed by atoms with Gasteiger partial charge in [-0.3, -0.25) is 5.14 Å². The summed E-state index contributed by atoms with van der Waals surface area (Å²) in [5.74, 6) is 0. The Morgan fingerprint density at radius 3 is 2.55 bits per heavy atom. The van der Waals surface area contributed by atoms with Crippen LogP contribution in [0.3, 0.4) is 0 Å². The Hall–Kier alpha value is 0.200. The largest absolute Gasteiger partial charge is 0.367 e. The van der Waals surface area contributed by atoms with Crippen LogP contribution in [0.4, 0.5) is 0 Å². The van der Waals surface area contributed by atoms with Gasteiger partial charge in [0.2, 0.25) is 0 Å². The van der Waals surface area contributed by atoms with E-state index in [4.69, 9.17) is 17.4 Å². The highest BCUT2D eigenvalue weighted by molar-refractivity contribution is 8.21. The molecule has 3 N–H and O–H groups in total. The van der Waals surface area contributed by atoms with Gasteiger partial charge in [0.05, 0.1) is 0 Å². The van der Waals surface area contributed by atoms with E-state index >= 15 is 0 Å². The molecule has 1 rings (SSSR count). The van der Waals surface area contributed by atoms with Crippen LogP contribution in [0.2, 0.25) is 0 Å². The molecule has 0 unspecified atom stereocenters. The van der Waals surface area contributed by atoms with Gasteiger partial charge in [0.1, 0.15) is 4.32 Å². The van der Waals surface area contributed by atoms with E-state index in [1.165, 1.54) is 32.1 Å². The third-order valence-electron chi connectivity index (χ3n) is 2.03. The molecule has 1 saturated carbocycles. The second-order valence-electron chi connectivity index (χ2n) is 2.88. The molecule has 4 heteroatoms. The maximum Gasteiger partial charge on any atom is 0.148 e. The fourth-order valence-corrected chi connectivity index (χ4v) is 1.85. The van der Waals surface area contributed by atoms with Crippen molar-refractivity contribution in [2.45, 2.75) is 38.1 Å². The third kappa shape index (κ3) is 3.40. The van der Waals surface area contributed by atoms with Crippen LogP contribution in [0.1, 0.15) is 32.1 Å². The van der Waals surface area contributed by atoms with Gasteiger partial charge in [-0.2, -0.15) is 0 Å². The van der Waals surface area contributed by atoms with E-state index in [0.29, 0.717) is 6.04 Å². The fourth-order valence-electron chi connectivity index (χ4n) is 1.45. The predicted octanol–water partition coefficient (Wildman–Crippen LogP) is 1.80. The average molecular weight is 190 g/mol. The van der Waals surface area contributed by atoms with Crippen molar-refractivity contribution in [1.29, 1.82) is 0 Å². The highest BCUT2D eigenvalue weighted by Gasteiger charge is 2.13. The highest BCUT2D eigenvalue weighted by atomic mass is 32.2. The summed E-state index contributed by atoms with van der Waals surface area (Å²) >= 11 is 6.10. The third-order valence-corrected chi connectivity index (χ3v) is 2.77. The smallest absolute Gasteiger partial charge is 0.148 e. The summed E-state index contributed by atoms with van der Waals surface area (Å²) in [6.07, 6.45) is 6.53. The van der Waals surface area contributed by atoms with Crippen molar-refractivity contribution in [1.82, 2.24) is 5.32 Å². The first-order valence-electron chi connectivity index (χ1n) is 4.00. The maximum absolute atomic E-state index is 5.30. The number of hydrogen-bond acceptors (Lipinski definition) is 3. The molecule has 1 fully saturated rings. The zero-order valence-electron chi connectivity index (χ0n) is 6.51. The fraction of sp³-hybridized carbons (Fsp3) is 0.857. The van der Waals surface area contributed by atoms with Gasteiger partial charge in [-0.05, 0) is 24.8 Å². The zero-order chi connectivity index (χ0) is 8.10. The summed E-state index contributed by atoms with van der Waals surface area (Å²) in [6.45, 7) is 0. The first kappa shape index (κ1) is 9.29. The minimum Gasteiger partial charge on any atom is -0.367 e. The summed E-state index contributed by atoms with van der Waals surface area (Å²) < 4.78 is 0.733. The number of nitrogens with two attached hydrogens (primary N) is 1. The molecule has 0 heterocycles. The second kappa shape index (κ2) is 4.95. The molecule has 64 valence electrons. The van der Waals surface area contributed by atoms with Gasteiger partial charge >= 0.3 is 0 Å². The van der Waals surface area contributed by atoms with Crippen molar-refractivity contribution >= 4 is 28.5 Å². The summed E-state index contributed by atoms with van der Waals surface area (Å²) in [7, 11) is 0. The monoisotopic (exact) mass is 190 g/mol. The zero-order valence-corrected chi connectivity index (χ0v) is 8.14. The molecular weight excluding hydrogens is 176 g/mol. The first-order valence-corrected chi connectivity index (χ1v) is 5.29. The molecule has 0 aliphatic heterocycles. The SMILES string of the molecule is NSC(=S)NC1CCCCC1. The molecular formula is C7H14N2S2. The first-order chi connectivity index (χ1) is 5.33. The predicted molar refractivity (Wildman–Crippen MR) is 54.4 cm³/mol. The number of hydrogen-bond donors (Lipinski definition) is 2. The van der Waals surface area contributed by atoms with Gasteiger partial charge in [0.25, 0.3) is 0 Å². The van der Waals surface area contributed by atoms with Crippen LogP contribution in [0, 0.1) is 0 Å². The van der Waals surface area contributed by atoms with Crippen molar-refractivity contribution in [2.24, 2.45) is 5.14 Å². The number of thiocarbonyl (C=S) groups is 1. The molecule has 0 aromatic heterocycles. The molecule has 2 nitrogen and oxygen atoms in total. The van der Waals surface area contributed by atoms with Gasteiger partial charge in [0, 0.05) is 6.04 Å². The molecule has 0 atom stereocenters. The summed E-state index contributed by atoms with van der Waals surface area (Å²) in [6, 6.07) is 0.590. The Kier molecular flexibility index (Phi) is 4.18. The molecule has 0 radical (unpaired) electrons. The van der Waals surface area contributed by atoms with Crippen LogP contribution >= 0.6 is 24.2 Å². The van der Waals surface area contributed by atoms with Gasteiger partial charge in [-0.1, -0.05) is 31.5 Å². The van der Waals surface area contributed by atoms with Crippen molar-refractivity contribution in [3.8, 4) is 0 Å². The van der Waals surface area contributed by atoms with Crippen molar-refractivity contribution in [2.75, 3.05) is 0 Å². The van der Waals surface area contributed by atoms with Crippen LogP contribution < -0.4 is 10.5 Å². The normalized spacial score (nSPS) is 19.7. The molecule has 0 amide bonds. The summed E-state index contributed by atoms with van der Waals surface area (Å²) in [5.41, 5.74) is 0. The van der Waals surface area contributed by atoms with Gasteiger partial charge < -0.3 is 5.32 Å². The molecule has 11 heavy (non-hydrogen) atoms. The standard InChI is InChI=1S/C7H14N2S2/c8-11-7(10)9-6-4-2-1-3-5-6/h6H,1-5,8H2,(H,9,10). The lowest BCUT2D eigenvalue weighted by molar-refractivity contribution is 0.416. The van der Waals surface area contributed by atoms with E-state index in [1.54, 1.807) is 0 Å². The minimum absolute atomic E-state index is 0.590. The van der Waals surface area contributed by atoms with Crippen LogP contribution in [-0.4, -0.2) is 10.4 Å². The topological polar surface area (TPSA) is 38.0 Å². The van der Waals surface area contributed by atoms with Gasteiger partial charge in [-0.15, -0.1) is 0 Å². The lowest BCUT2D eigenvalue weighted by atomic mass is 9.96. The number of rotatable bonds is 1. The Bertz CT molecular complexity index is 132. The second-order valence-corrected chi connectivity index (χ2v) is 4.20. The van der Waals surface area contributed by atoms with E-state index in [2.05, 4.69) is 5.32 Å². The van der Waals surface area contributed by atoms with Crippen LogP contribution in [0.5, 0.6) is 0 Å². The van der Waals surface area contributed by atoms with E-state index in [-0.39, 0.29) is 0 Å². The Labute approximate surface area is 77.4 Å². The quantitative estimate of drug-likeness (QED) is 0.488. The maximum atomic E-state index is 5.30. The molecule has 1 aliphatic carbocycles. The van der Waals surface area contributed by atoms with Crippen LogP contribution in [0.25, 0.3) is 0 Å². The van der Waals surface area contributed by atoms with E-state index in [0.717, 1.165) is 16.3 Å². The van der Waals surface area contributed by atoms with Gasteiger partial charge in [-0.25, -0.2) is 0 Å².